The van der Waals surface area contributed by atoms with E-state index in [4.69, 9.17) is 11.6 Å². The Labute approximate surface area is 186 Å². The number of aryl methyl sites for hydroxylation is 1. The van der Waals surface area contributed by atoms with E-state index in [2.05, 4.69) is 10.6 Å². The van der Waals surface area contributed by atoms with E-state index in [1.54, 1.807) is 42.5 Å². The van der Waals surface area contributed by atoms with E-state index in [9.17, 15) is 18.0 Å². The lowest BCUT2D eigenvalue weighted by Crippen LogP contribution is -2.33. The second kappa shape index (κ2) is 9.76. The Kier molecular flexibility index (Phi) is 7.09. The van der Waals surface area contributed by atoms with Gasteiger partial charge >= 0.3 is 0 Å². The fourth-order valence-corrected chi connectivity index (χ4v) is 4.56. The molecule has 3 aromatic carbocycles. The van der Waals surface area contributed by atoms with Gasteiger partial charge in [-0.05, 0) is 48.4 Å². The topological polar surface area (TPSA) is 92.3 Å². The molecule has 0 unspecified atom stereocenters. The lowest BCUT2D eigenvalue weighted by atomic mass is 10.2. The minimum Gasteiger partial charge on any atom is -0.343 e. The summed E-state index contributed by atoms with van der Waals surface area (Å²) in [5.74, 6) is -1.17. The first-order valence-corrected chi connectivity index (χ1v) is 11.5. The maximum absolute atomic E-state index is 12.7. The van der Waals surface area contributed by atoms with Gasteiger partial charge in [-0.25, -0.2) is 8.42 Å². The van der Waals surface area contributed by atoms with Crippen LogP contribution in [0.25, 0.3) is 0 Å². The van der Waals surface area contributed by atoms with Crippen LogP contribution < -0.4 is 10.6 Å². The summed E-state index contributed by atoms with van der Waals surface area (Å²) in [5.41, 5.74) is 2.21. The molecule has 0 bridgehead atoms. The van der Waals surface area contributed by atoms with Gasteiger partial charge < -0.3 is 10.6 Å². The van der Waals surface area contributed by atoms with Crippen molar-refractivity contribution in [2.75, 3.05) is 11.9 Å². The molecule has 2 amide bonds. The molecule has 0 aromatic heterocycles. The number of sulfone groups is 1. The Morgan fingerprint density at radius 3 is 2.39 bits per heavy atom. The van der Waals surface area contributed by atoms with E-state index in [1.807, 2.05) is 13.0 Å². The van der Waals surface area contributed by atoms with Gasteiger partial charge in [0, 0.05) is 5.56 Å². The summed E-state index contributed by atoms with van der Waals surface area (Å²) >= 11 is 6.09. The zero-order chi connectivity index (χ0) is 22.4. The van der Waals surface area contributed by atoms with E-state index in [-0.39, 0.29) is 22.8 Å². The van der Waals surface area contributed by atoms with Crippen LogP contribution in [0.15, 0.2) is 77.7 Å². The highest BCUT2D eigenvalue weighted by molar-refractivity contribution is 7.90. The van der Waals surface area contributed by atoms with Gasteiger partial charge in [0.15, 0.2) is 9.84 Å². The largest absolute Gasteiger partial charge is 0.343 e. The predicted octanol–water partition coefficient (Wildman–Crippen LogP) is 3.99. The van der Waals surface area contributed by atoms with Crippen molar-refractivity contribution in [2.24, 2.45) is 0 Å². The molecule has 0 aliphatic carbocycles. The number of hydrogen-bond donors (Lipinski definition) is 2. The van der Waals surface area contributed by atoms with Crippen molar-refractivity contribution in [3.63, 3.8) is 0 Å². The van der Waals surface area contributed by atoms with Crippen molar-refractivity contribution in [3.05, 3.63) is 94.5 Å². The fourth-order valence-electron chi connectivity index (χ4n) is 2.89. The summed E-state index contributed by atoms with van der Waals surface area (Å²) < 4.78 is 25.4. The van der Waals surface area contributed by atoms with E-state index in [0.29, 0.717) is 16.3 Å². The Hall–Kier alpha value is -3.16. The molecule has 2 N–H and O–H groups in total. The Bertz CT molecular complexity index is 1210. The van der Waals surface area contributed by atoms with Gasteiger partial charge in [0.25, 0.3) is 5.91 Å². The minimum atomic E-state index is -3.62. The molecule has 0 spiro atoms. The molecule has 0 fully saturated rings. The van der Waals surface area contributed by atoms with Gasteiger partial charge in [0.2, 0.25) is 5.91 Å². The maximum atomic E-state index is 12.7. The molecule has 6 nitrogen and oxygen atoms in total. The van der Waals surface area contributed by atoms with Crippen LogP contribution in [0.2, 0.25) is 5.02 Å². The van der Waals surface area contributed by atoms with Gasteiger partial charge in [-0.15, -0.1) is 0 Å². The normalized spacial score (nSPS) is 11.0. The smallest absolute Gasteiger partial charge is 0.251 e. The molecular weight excluding hydrogens is 436 g/mol. The standard InChI is InChI=1S/C23H21ClN2O4S/c1-16-10-11-21(20(24)12-16)26-22(27)14-25-23(28)18-8-5-9-19(13-18)31(29,30)15-17-6-3-2-4-7-17/h2-13H,14-15H2,1H3,(H,25,28)(H,26,27). The van der Waals surface area contributed by atoms with Crippen molar-refractivity contribution >= 4 is 38.9 Å². The average molecular weight is 457 g/mol. The highest BCUT2D eigenvalue weighted by atomic mass is 35.5. The van der Waals surface area contributed by atoms with Crippen LogP contribution in [0.1, 0.15) is 21.5 Å². The van der Waals surface area contributed by atoms with E-state index < -0.39 is 21.7 Å². The van der Waals surface area contributed by atoms with Crippen molar-refractivity contribution in [2.45, 2.75) is 17.6 Å². The molecule has 0 atom stereocenters. The van der Waals surface area contributed by atoms with Crippen molar-refractivity contribution in [3.8, 4) is 0 Å². The molecule has 0 saturated carbocycles. The number of carbonyl (C=O) groups excluding carboxylic acids is 2. The number of halogens is 1. The number of hydrogen-bond acceptors (Lipinski definition) is 4. The van der Waals surface area contributed by atoms with Crippen LogP contribution >= 0.6 is 11.6 Å². The van der Waals surface area contributed by atoms with Crippen molar-refractivity contribution in [1.29, 1.82) is 0 Å². The van der Waals surface area contributed by atoms with Crippen LogP contribution in [0.4, 0.5) is 5.69 Å². The van der Waals surface area contributed by atoms with Gasteiger partial charge in [-0.2, -0.15) is 0 Å². The second-order valence-electron chi connectivity index (χ2n) is 6.99. The van der Waals surface area contributed by atoms with Crippen LogP contribution in [0.3, 0.4) is 0 Å². The first kappa shape index (κ1) is 22.5. The quantitative estimate of drug-likeness (QED) is 0.562. The first-order chi connectivity index (χ1) is 14.7. The lowest BCUT2D eigenvalue weighted by Gasteiger charge is -2.10. The number of amides is 2. The summed E-state index contributed by atoms with van der Waals surface area (Å²) in [5, 5.41) is 5.51. The van der Waals surface area contributed by atoms with E-state index in [0.717, 1.165) is 5.56 Å². The highest BCUT2D eigenvalue weighted by Crippen LogP contribution is 2.22. The molecule has 0 aliphatic rings. The van der Waals surface area contributed by atoms with Gasteiger partial charge in [0.1, 0.15) is 0 Å². The summed E-state index contributed by atoms with van der Waals surface area (Å²) in [7, 11) is -3.62. The predicted molar refractivity (Wildman–Crippen MR) is 121 cm³/mol. The SMILES string of the molecule is Cc1ccc(NC(=O)CNC(=O)c2cccc(S(=O)(=O)Cc3ccccc3)c2)c(Cl)c1. The summed E-state index contributed by atoms with van der Waals surface area (Å²) in [6.45, 7) is 1.59. The number of rotatable bonds is 7. The third kappa shape index (κ3) is 6.16. The third-order valence-corrected chi connectivity index (χ3v) is 6.46. The van der Waals surface area contributed by atoms with Gasteiger partial charge in [-0.3, -0.25) is 9.59 Å². The van der Waals surface area contributed by atoms with Crippen molar-refractivity contribution < 1.29 is 18.0 Å². The molecule has 0 radical (unpaired) electrons. The number of benzene rings is 3. The summed E-state index contributed by atoms with van der Waals surface area (Å²) in [6, 6.07) is 19.8. The Morgan fingerprint density at radius 2 is 1.68 bits per heavy atom. The third-order valence-electron chi connectivity index (χ3n) is 4.46. The average Bonchev–Trinajstić information content (AvgIpc) is 2.74. The minimum absolute atomic E-state index is 0.0416. The van der Waals surface area contributed by atoms with Crippen LogP contribution in [-0.2, 0) is 20.4 Å². The molecule has 3 rings (SSSR count). The molecule has 0 saturated heterocycles. The second-order valence-corrected chi connectivity index (χ2v) is 9.38. The molecule has 160 valence electrons. The maximum Gasteiger partial charge on any atom is 0.251 e. The van der Waals surface area contributed by atoms with Crippen LogP contribution in [0, 0.1) is 6.92 Å². The number of nitrogens with one attached hydrogen (secondary N) is 2. The molecule has 0 heterocycles. The summed E-state index contributed by atoms with van der Waals surface area (Å²) in [4.78, 5) is 24.6. The number of anilines is 1. The molecule has 8 heteroatoms. The van der Waals surface area contributed by atoms with Crippen LogP contribution in [0.5, 0.6) is 0 Å². The highest BCUT2D eigenvalue weighted by Gasteiger charge is 2.18. The first-order valence-electron chi connectivity index (χ1n) is 9.45. The summed E-state index contributed by atoms with van der Waals surface area (Å²) in [6.07, 6.45) is 0. The fraction of sp³-hybridized carbons (Fsp3) is 0.130. The van der Waals surface area contributed by atoms with Gasteiger partial charge in [0.05, 0.1) is 27.9 Å². The Balaban J connectivity index is 1.64. The number of carbonyl (C=O) groups is 2. The Morgan fingerprint density at radius 1 is 0.935 bits per heavy atom. The van der Waals surface area contributed by atoms with Crippen molar-refractivity contribution in [1.82, 2.24) is 5.32 Å². The molecule has 3 aromatic rings. The zero-order valence-electron chi connectivity index (χ0n) is 16.8. The molecule has 0 aliphatic heterocycles. The van der Waals surface area contributed by atoms with E-state index >= 15 is 0 Å². The van der Waals surface area contributed by atoms with E-state index in [1.165, 1.54) is 24.3 Å². The van der Waals surface area contributed by atoms with Crippen LogP contribution in [-0.4, -0.2) is 26.8 Å². The molecular formula is C23H21ClN2O4S. The lowest BCUT2D eigenvalue weighted by molar-refractivity contribution is -0.115. The van der Waals surface area contributed by atoms with Gasteiger partial charge in [-0.1, -0.05) is 54.1 Å². The zero-order valence-corrected chi connectivity index (χ0v) is 18.3. The monoisotopic (exact) mass is 456 g/mol. The molecule has 31 heavy (non-hydrogen) atoms.